The van der Waals surface area contributed by atoms with Gasteiger partial charge in [-0.15, -0.1) is 0 Å². The lowest BCUT2D eigenvalue weighted by Crippen LogP contribution is -2.30. The van der Waals surface area contributed by atoms with Gasteiger partial charge < -0.3 is 4.74 Å². The molecule has 37 heavy (non-hydrogen) atoms. The van der Waals surface area contributed by atoms with Crippen molar-refractivity contribution in [3.63, 3.8) is 0 Å². The first-order chi connectivity index (χ1) is 17.7. The minimum atomic E-state index is -0.149. The largest absolute Gasteiger partial charge is 0.469 e. The zero-order valence-electron chi connectivity index (χ0n) is 23.0. The molecule has 0 aliphatic heterocycles. The second-order valence-corrected chi connectivity index (χ2v) is 10.7. The van der Waals surface area contributed by atoms with Gasteiger partial charge in [-0.25, -0.2) is 0 Å². The molecule has 3 rings (SSSR count). The summed E-state index contributed by atoms with van der Waals surface area (Å²) in [4.78, 5) is 22.0. The van der Waals surface area contributed by atoms with Gasteiger partial charge in [0, 0.05) is 0 Å². The molecule has 0 spiro atoms. The number of hydrogen-bond donors (Lipinski definition) is 0. The molecular formula is C30H42Cl2O3S2. The van der Waals surface area contributed by atoms with Gasteiger partial charge in [0.1, 0.15) is 0 Å². The maximum absolute atomic E-state index is 11.1. The Balaban J connectivity index is 0.000000510. The van der Waals surface area contributed by atoms with Crippen molar-refractivity contribution in [2.75, 3.05) is 19.1 Å². The molecule has 0 heterocycles. The molecular weight excluding hydrogens is 543 g/mol. The molecule has 1 saturated carbocycles. The van der Waals surface area contributed by atoms with Crippen LogP contribution in [-0.4, -0.2) is 36.2 Å². The standard InChI is InChI=1S/C11H14O2.C9H16S2.C8H6Cl2O.C2H6/c1-9(11(12)13-2)8-10-6-4-3-5-7-10;1-11-7-3-6-9(8-10)4-2-5-9;1-5(11)8-6(9)3-2-4-7(8)10;1-2/h3-7,9H,8H2,1-2H3;8H,2-7H2,1H3;2-4H,1H3;1-2H3. The number of hydrogen-bond acceptors (Lipinski definition) is 5. The molecule has 7 heteroatoms. The molecule has 206 valence electrons. The van der Waals surface area contributed by atoms with Crippen LogP contribution in [0.4, 0.5) is 0 Å². The normalized spacial score (nSPS) is 13.5. The summed E-state index contributed by atoms with van der Waals surface area (Å²) < 4.78 is 4.65. The number of thioether (sulfide) groups is 1. The number of Topliss-reactive ketones (excluding diaryl/α,β-unsaturated/α-hetero) is 1. The van der Waals surface area contributed by atoms with Crippen molar-refractivity contribution in [3.8, 4) is 0 Å². The third kappa shape index (κ3) is 13.8. The molecule has 2 aromatic rings. The van der Waals surface area contributed by atoms with E-state index in [2.05, 4.69) is 11.0 Å². The highest BCUT2D eigenvalue weighted by molar-refractivity contribution is 7.98. The fourth-order valence-corrected chi connectivity index (χ4v) is 5.16. The third-order valence-electron chi connectivity index (χ3n) is 5.93. The molecule has 1 aliphatic carbocycles. The highest BCUT2D eigenvalue weighted by Crippen LogP contribution is 2.43. The smallest absolute Gasteiger partial charge is 0.308 e. The Labute approximate surface area is 244 Å². The Bertz CT molecular complexity index is 911. The monoisotopic (exact) mass is 584 g/mol. The number of benzene rings is 2. The molecule has 2 aromatic carbocycles. The van der Waals surface area contributed by atoms with Crippen LogP contribution in [0.5, 0.6) is 0 Å². The zero-order chi connectivity index (χ0) is 28.3. The van der Waals surface area contributed by atoms with Gasteiger partial charge in [0.05, 0.1) is 28.6 Å². The summed E-state index contributed by atoms with van der Waals surface area (Å²) >= 11 is 18.4. The van der Waals surface area contributed by atoms with Gasteiger partial charge in [-0.1, -0.05) is 99.0 Å². The van der Waals surface area contributed by atoms with Gasteiger partial charge in [-0.05, 0) is 79.5 Å². The lowest BCUT2D eigenvalue weighted by Gasteiger charge is -2.38. The topological polar surface area (TPSA) is 43.4 Å². The Morgan fingerprint density at radius 1 is 1.08 bits per heavy atom. The Hall–Kier alpha value is -1.40. The van der Waals surface area contributed by atoms with Crippen molar-refractivity contribution in [2.45, 2.75) is 66.2 Å². The van der Waals surface area contributed by atoms with Crippen LogP contribution in [-0.2, 0) is 16.0 Å². The van der Waals surface area contributed by atoms with E-state index in [9.17, 15) is 9.59 Å². The molecule has 0 N–H and O–H groups in total. The summed E-state index contributed by atoms with van der Waals surface area (Å²) in [6.07, 6.45) is 9.69. The average Bonchev–Trinajstić information content (AvgIpc) is 2.87. The van der Waals surface area contributed by atoms with Crippen LogP contribution in [0, 0.1) is 11.3 Å². The molecule has 0 bridgehead atoms. The van der Waals surface area contributed by atoms with Crippen LogP contribution >= 0.6 is 47.2 Å². The fourth-order valence-electron chi connectivity index (χ4n) is 3.71. The van der Waals surface area contributed by atoms with Gasteiger partial charge in [-0.2, -0.15) is 11.8 Å². The van der Waals surface area contributed by atoms with E-state index in [1.807, 2.05) is 68.2 Å². The van der Waals surface area contributed by atoms with Crippen LogP contribution < -0.4 is 0 Å². The lowest BCUT2D eigenvalue weighted by molar-refractivity contribution is -0.144. The summed E-state index contributed by atoms with van der Waals surface area (Å²) in [7, 11) is 1.42. The number of thiocarbonyl (C=S) groups is 1. The van der Waals surface area contributed by atoms with Crippen molar-refractivity contribution in [1.82, 2.24) is 0 Å². The Morgan fingerprint density at radius 2 is 1.65 bits per heavy atom. The summed E-state index contributed by atoms with van der Waals surface area (Å²) in [5.41, 5.74) is 2.06. The molecule has 0 saturated heterocycles. The van der Waals surface area contributed by atoms with Crippen molar-refractivity contribution in [2.24, 2.45) is 11.3 Å². The van der Waals surface area contributed by atoms with E-state index in [1.165, 1.54) is 57.5 Å². The number of methoxy groups -OCH3 is 1. The van der Waals surface area contributed by atoms with Gasteiger partial charge in [0.2, 0.25) is 0 Å². The summed E-state index contributed by atoms with van der Waals surface area (Å²) in [6, 6.07) is 14.9. The molecule has 0 amide bonds. The maximum Gasteiger partial charge on any atom is 0.308 e. The highest BCUT2D eigenvalue weighted by atomic mass is 35.5. The minimum absolute atomic E-state index is 0.0626. The molecule has 1 atom stereocenters. The first-order valence-electron chi connectivity index (χ1n) is 12.7. The van der Waals surface area contributed by atoms with E-state index in [0.717, 1.165) is 6.42 Å². The molecule has 1 unspecified atom stereocenters. The van der Waals surface area contributed by atoms with E-state index in [1.54, 1.807) is 18.2 Å². The fraction of sp³-hybridized carbons (Fsp3) is 0.500. The third-order valence-corrected chi connectivity index (χ3v) is 7.75. The van der Waals surface area contributed by atoms with Crippen LogP contribution in [0.2, 0.25) is 10.0 Å². The van der Waals surface area contributed by atoms with Crippen molar-refractivity contribution in [1.29, 1.82) is 0 Å². The second-order valence-electron chi connectivity index (χ2n) is 8.70. The predicted octanol–water partition coefficient (Wildman–Crippen LogP) is 9.56. The van der Waals surface area contributed by atoms with Gasteiger partial charge in [-0.3, -0.25) is 9.59 Å². The van der Waals surface area contributed by atoms with E-state index in [4.69, 9.17) is 35.4 Å². The summed E-state index contributed by atoms with van der Waals surface area (Å²) in [6.45, 7) is 7.31. The number of rotatable bonds is 9. The minimum Gasteiger partial charge on any atom is -0.469 e. The lowest BCUT2D eigenvalue weighted by atomic mass is 9.68. The summed E-state index contributed by atoms with van der Waals surface area (Å²) in [5.74, 6) is 0.974. The second kappa shape index (κ2) is 20.5. The predicted molar refractivity (Wildman–Crippen MR) is 167 cm³/mol. The Morgan fingerprint density at radius 3 is 2.03 bits per heavy atom. The van der Waals surface area contributed by atoms with Gasteiger partial charge >= 0.3 is 5.97 Å². The first-order valence-corrected chi connectivity index (χ1v) is 15.3. The van der Waals surface area contributed by atoms with Crippen LogP contribution in [0.3, 0.4) is 0 Å². The number of carbonyl (C=O) groups is 2. The SMILES string of the molecule is CC.CC(=O)c1c(Cl)cccc1Cl.COC(=O)C(C)Cc1ccccc1.CSCCCC1(C=S)CCC1. The molecule has 3 nitrogen and oxygen atoms in total. The number of esters is 1. The van der Waals surface area contributed by atoms with Crippen molar-refractivity contribution < 1.29 is 14.3 Å². The molecule has 1 aliphatic rings. The number of carbonyl (C=O) groups excluding carboxylic acids is 2. The highest BCUT2D eigenvalue weighted by Gasteiger charge is 2.33. The zero-order valence-corrected chi connectivity index (χ0v) is 26.2. The quantitative estimate of drug-likeness (QED) is 0.127. The van der Waals surface area contributed by atoms with Crippen molar-refractivity contribution in [3.05, 3.63) is 69.7 Å². The average molecular weight is 586 g/mol. The Kier molecular flexibility index (Phi) is 19.8. The van der Waals surface area contributed by atoms with Crippen LogP contribution in [0.1, 0.15) is 75.7 Å². The van der Waals surface area contributed by atoms with Crippen LogP contribution in [0.15, 0.2) is 48.5 Å². The van der Waals surface area contributed by atoms with E-state index in [-0.39, 0.29) is 17.7 Å². The van der Waals surface area contributed by atoms with E-state index in [0.29, 0.717) is 21.0 Å². The van der Waals surface area contributed by atoms with E-state index >= 15 is 0 Å². The summed E-state index contributed by atoms with van der Waals surface area (Å²) in [5, 5.41) is 2.84. The molecule has 0 radical (unpaired) electrons. The van der Waals surface area contributed by atoms with E-state index < -0.39 is 0 Å². The van der Waals surface area contributed by atoms with Crippen molar-refractivity contribution >= 4 is 64.3 Å². The molecule has 1 fully saturated rings. The number of ketones is 1. The van der Waals surface area contributed by atoms with Gasteiger partial charge in [0.25, 0.3) is 0 Å². The first kappa shape index (κ1) is 35.6. The maximum atomic E-state index is 11.1. The van der Waals surface area contributed by atoms with Crippen LogP contribution in [0.25, 0.3) is 0 Å². The number of halogens is 2. The molecule has 0 aromatic heterocycles. The van der Waals surface area contributed by atoms with Gasteiger partial charge in [0.15, 0.2) is 5.78 Å². The number of ether oxygens (including phenoxy) is 1.